The van der Waals surface area contributed by atoms with Crippen molar-refractivity contribution in [3.8, 4) is 17.5 Å². The summed E-state index contributed by atoms with van der Waals surface area (Å²) in [6.45, 7) is 0.373. The van der Waals surface area contributed by atoms with Crippen LogP contribution in [0.25, 0.3) is 11.8 Å². The van der Waals surface area contributed by atoms with Gasteiger partial charge < -0.3 is 14.6 Å². The molecule has 0 aliphatic heterocycles. The molecule has 0 atom stereocenters. The van der Waals surface area contributed by atoms with E-state index in [2.05, 4.69) is 5.32 Å². The summed E-state index contributed by atoms with van der Waals surface area (Å²) in [4.78, 5) is 12.4. The molecule has 5 heteroatoms. The first-order chi connectivity index (χ1) is 13.2. The van der Waals surface area contributed by atoms with Crippen molar-refractivity contribution >= 4 is 12.0 Å². The maximum atomic E-state index is 12.4. The van der Waals surface area contributed by atoms with Gasteiger partial charge >= 0.3 is 0 Å². The van der Waals surface area contributed by atoms with E-state index < -0.39 is 5.91 Å². The van der Waals surface area contributed by atoms with Gasteiger partial charge in [-0.3, -0.25) is 4.79 Å². The number of rotatable bonds is 6. The van der Waals surface area contributed by atoms with Gasteiger partial charge in [-0.15, -0.1) is 0 Å². The summed E-state index contributed by atoms with van der Waals surface area (Å²) in [5.41, 5.74) is 2.68. The lowest BCUT2D eigenvalue weighted by molar-refractivity contribution is -0.117. The molecule has 27 heavy (non-hydrogen) atoms. The van der Waals surface area contributed by atoms with E-state index in [-0.39, 0.29) is 5.57 Å². The number of nitrogens with one attached hydrogen (secondary N) is 1. The number of hydrogen-bond donors (Lipinski definition) is 1. The number of ether oxygens (including phenoxy) is 1. The largest absolute Gasteiger partial charge is 0.497 e. The molecular formula is C22H19N3O2. The molecule has 0 spiro atoms. The lowest BCUT2D eigenvalue weighted by Gasteiger charge is -2.09. The lowest BCUT2D eigenvalue weighted by Crippen LogP contribution is -2.24. The summed E-state index contributed by atoms with van der Waals surface area (Å²) in [5.74, 6) is 0.366. The second kappa shape index (κ2) is 8.54. The number of nitriles is 1. The molecule has 0 aliphatic rings. The average Bonchev–Trinajstić information content (AvgIpc) is 3.19. The fraction of sp³-hybridized carbons (Fsp3) is 0.0909. The number of carbonyl (C=O) groups excluding carboxylic acids is 1. The zero-order valence-corrected chi connectivity index (χ0v) is 14.9. The first-order valence-corrected chi connectivity index (χ1v) is 8.47. The van der Waals surface area contributed by atoms with Crippen LogP contribution >= 0.6 is 0 Å². The minimum Gasteiger partial charge on any atom is -0.497 e. The van der Waals surface area contributed by atoms with Crippen LogP contribution < -0.4 is 10.1 Å². The molecule has 134 valence electrons. The zero-order chi connectivity index (χ0) is 19.1. The van der Waals surface area contributed by atoms with Crippen LogP contribution in [0.1, 0.15) is 11.3 Å². The molecule has 0 fully saturated rings. The highest BCUT2D eigenvalue weighted by Crippen LogP contribution is 2.19. The molecule has 2 aromatic carbocycles. The molecule has 1 amide bonds. The van der Waals surface area contributed by atoms with Crippen molar-refractivity contribution in [1.29, 1.82) is 5.26 Å². The number of aromatic nitrogens is 1. The van der Waals surface area contributed by atoms with Gasteiger partial charge in [0.25, 0.3) is 5.91 Å². The third-order valence-corrected chi connectivity index (χ3v) is 4.08. The quantitative estimate of drug-likeness (QED) is 0.540. The van der Waals surface area contributed by atoms with Gasteiger partial charge in [0.05, 0.1) is 7.11 Å². The van der Waals surface area contributed by atoms with Crippen molar-refractivity contribution in [2.45, 2.75) is 6.54 Å². The maximum absolute atomic E-state index is 12.4. The molecule has 3 aromatic rings. The monoisotopic (exact) mass is 357 g/mol. The van der Waals surface area contributed by atoms with E-state index in [4.69, 9.17) is 4.74 Å². The molecule has 3 rings (SSSR count). The van der Waals surface area contributed by atoms with Crippen LogP contribution in [0, 0.1) is 11.3 Å². The van der Waals surface area contributed by atoms with Crippen molar-refractivity contribution in [1.82, 2.24) is 9.88 Å². The Labute approximate surface area is 158 Å². The number of amides is 1. The van der Waals surface area contributed by atoms with Crippen LogP contribution in [0.2, 0.25) is 0 Å². The Morgan fingerprint density at radius 1 is 1.11 bits per heavy atom. The van der Waals surface area contributed by atoms with Crippen LogP contribution in [0.3, 0.4) is 0 Å². The third-order valence-electron chi connectivity index (χ3n) is 4.08. The Balaban J connectivity index is 1.78. The highest BCUT2D eigenvalue weighted by molar-refractivity contribution is 6.01. The zero-order valence-electron chi connectivity index (χ0n) is 14.9. The molecule has 0 radical (unpaired) electrons. The van der Waals surface area contributed by atoms with E-state index in [1.54, 1.807) is 13.2 Å². The minimum absolute atomic E-state index is 0.0550. The van der Waals surface area contributed by atoms with Crippen molar-refractivity contribution in [3.63, 3.8) is 0 Å². The van der Waals surface area contributed by atoms with Crippen LogP contribution in [0.5, 0.6) is 5.75 Å². The summed E-state index contributed by atoms with van der Waals surface area (Å²) in [6.07, 6.45) is 3.47. The molecular weight excluding hydrogens is 338 g/mol. The van der Waals surface area contributed by atoms with Crippen molar-refractivity contribution in [3.05, 3.63) is 89.8 Å². The predicted molar refractivity (Wildman–Crippen MR) is 104 cm³/mol. The van der Waals surface area contributed by atoms with E-state index in [1.807, 2.05) is 83.6 Å². The van der Waals surface area contributed by atoms with Crippen molar-refractivity contribution in [2.75, 3.05) is 7.11 Å². The van der Waals surface area contributed by atoms with Gasteiger partial charge in [0.15, 0.2) is 0 Å². The normalized spacial score (nSPS) is 10.9. The molecule has 1 heterocycles. The van der Waals surface area contributed by atoms with Crippen LogP contribution in [-0.2, 0) is 11.3 Å². The number of nitrogens with zero attached hydrogens (tertiary/aromatic N) is 2. The van der Waals surface area contributed by atoms with E-state index >= 15 is 0 Å². The van der Waals surface area contributed by atoms with E-state index in [1.165, 1.54) is 0 Å². The number of methoxy groups -OCH3 is 1. The van der Waals surface area contributed by atoms with Gasteiger partial charge in [0, 0.05) is 24.1 Å². The molecule has 1 aromatic heterocycles. The summed E-state index contributed by atoms with van der Waals surface area (Å²) >= 11 is 0. The first-order valence-electron chi connectivity index (χ1n) is 8.47. The summed E-state index contributed by atoms with van der Waals surface area (Å²) < 4.78 is 7.08. The van der Waals surface area contributed by atoms with Gasteiger partial charge in [0.1, 0.15) is 17.4 Å². The highest BCUT2D eigenvalue weighted by Gasteiger charge is 2.11. The maximum Gasteiger partial charge on any atom is 0.262 e. The first kappa shape index (κ1) is 18.0. The van der Waals surface area contributed by atoms with Gasteiger partial charge in [-0.05, 0) is 48.0 Å². The summed E-state index contributed by atoms with van der Waals surface area (Å²) in [6, 6.07) is 22.8. The van der Waals surface area contributed by atoms with Gasteiger partial charge in [-0.2, -0.15) is 5.26 Å². The summed E-state index contributed by atoms with van der Waals surface area (Å²) in [5, 5.41) is 12.2. The Bertz CT molecular complexity index is 980. The number of carbonyl (C=O) groups is 1. The topological polar surface area (TPSA) is 67.0 Å². The molecule has 0 unspecified atom stereocenters. The molecule has 1 N–H and O–H groups in total. The molecule has 0 aliphatic carbocycles. The molecule has 0 saturated carbocycles. The van der Waals surface area contributed by atoms with Gasteiger partial charge in [0.2, 0.25) is 0 Å². The minimum atomic E-state index is -0.399. The average molecular weight is 357 g/mol. The Morgan fingerprint density at radius 2 is 1.85 bits per heavy atom. The summed E-state index contributed by atoms with van der Waals surface area (Å²) in [7, 11) is 1.62. The predicted octanol–water partition coefficient (Wildman–Crippen LogP) is 3.71. The second-order valence-electron chi connectivity index (χ2n) is 5.84. The van der Waals surface area contributed by atoms with Crippen molar-refractivity contribution < 1.29 is 9.53 Å². The molecule has 5 nitrogen and oxygen atoms in total. The van der Waals surface area contributed by atoms with Crippen LogP contribution in [-0.4, -0.2) is 17.6 Å². The Kier molecular flexibility index (Phi) is 5.70. The third kappa shape index (κ3) is 4.44. The van der Waals surface area contributed by atoms with Crippen LogP contribution in [0.4, 0.5) is 0 Å². The van der Waals surface area contributed by atoms with E-state index in [0.29, 0.717) is 6.54 Å². The van der Waals surface area contributed by atoms with Crippen LogP contribution in [0.15, 0.2) is 78.5 Å². The van der Waals surface area contributed by atoms with E-state index in [9.17, 15) is 10.1 Å². The fourth-order valence-electron chi connectivity index (χ4n) is 2.66. The second-order valence-corrected chi connectivity index (χ2v) is 5.84. The van der Waals surface area contributed by atoms with E-state index in [0.717, 1.165) is 22.7 Å². The standard InChI is InChI=1S/C22H19N3O2/c1-27-21-11-9-19(10-12-21)25-13-5-8-20(25)14-18(15-23)22(26)24-16-17-6-3-2-4-7-17/h2-14H,16H2,1H3,(H,24,26)/b18-14-. The Morgan fingerprint density at radius 3 is 2.52 bits per heavy atom. The van der Waals surface area contributed by atoms with Gasteiger partial charge in [-0.1, -0.05) is 30.3 Å². The SMILES string of the molecule is COc1ccc(-n2cccc2/C=C(/C#N)C(=O)NCc2ccccc2)cc1. The lowest BCUT2D eigenvalue weighted by atomic mass is 10.2. The Hall–Kier alpha value is -3.78. The molecule has 0 saturated heterocycles. The smallest absolute Gasteiger partial charge is 0.262 e. The van der Waals surface area contributed by atoms with Crippen molar-refractivity contribution in [2.24, 2.45) is 0 Å². The number of benzene rings is 2. The highest BCUT2D eigenvalue weighted by atomic mass is 16.5. The fourth-order valence-corrected chi connectivity index (χ4v) is 2.66. The molecule has 0 bridgehead atoms. The number of hydrogen-bond acceptors (Lipinski definition) is 3. The van der Waals surface area contributed by atoms with Gasteiger partial charge in [-0.25, -0.2) is 0 Å².